The first kappa shape index (κ1) is 11.8. The van der Waals surface area contributed by atoms with Crippen LogP contribution in [0.1, 0.15) is 12.8 Å². The fraction of sp³-hybridized carbons (Fsp3) is 0.538. The molecule has 0 bridgehead atoms. The number of hydrogen-bond donors (Lipinski definition) is 1. The van der Waals surface area contributed by atoms with Gasteiger partial charge in [-0.1, -0.05) is 18.2 Å². The summed E-state index contributed by atoms with van der Waals surface area (Å²) in [5, 5.41) is 0. The molecule has 1 aromatic carbocycles. The summed E-state index contributed by atoms with van der Waals surface area (Å²) in [6, 6.07) is 9.83. The van der Waals surface area contributed by atoms with E-state index >= 15 is 0 Å². The van der Waals surface area contributed by atoms with Gasteiger partial charge in [0, 0.05) is 5.41 Å². The van der Waals surface area contributed by atoms with E-state index in [9.17, 15) is 0 Å². The zero-order chi connectivity index (χ0) is 11.3. The maximum Gasteiger partial charge on any atom is 0.119 e. The molecular weight excluding hydrogens is 220 g/mol. The highest BCUT2D eigenvalue weighted by molar-refractivity contribution is 7.80. The molecule has 0 spiro atoms. The molecule has 0 aromatic heterocycles. The van der Waals surface area contributed by atoms with Gasteiger partial charge in [-0.2, -0.15) is 12.6 Å². The summed E-state index contributed by atoms with van der Waals surface area (Å²) < 4.78 is 11.1. The second-order valence-corrected chi connectivity index (χ2v) is 4.69. The Morgan fingerprint density at radius 3 is 2.50 bits per heavy atom. The van der Waals surface area contributed by atoms with E-state index in [0.29, 0.717) is 18.6 Å². The van der Waals surface area contributed by atoms with Crippen molar-refractivity contribution >= 4 is 12.6 Å². The Morgan fingerprint density at radius 2 is 1.88 bits per heavy atom. The maximum atomic E-state index is 5.60. The summed E-state index contributed by atoms with van der Waals surface area (Å²) >= 11 is 4.33. The van der Waals surface area contributed by atoms with Crippen LogP contribution in [-0.2, 0) is 4.74 Å². The average molecular weight is 238 g/mol. The summed E-state index contributed by atoms with van der Waals surface area (Å²) in [5.74, 6) is 1.84. The van der Waals surface area contributed by atoms with E-state index in [1.165, 1.54) is 12.8 Å². The Balaban J connectivity index is 1.56. The fourth-order valence-corrected chi connectivity index (χ4v) is 1.96. The highest BCUT2D eigenvalue weighted by Gasteiger charge is 2.41. The second kappa shape index (κ2) is 5.60. The van der Waals surface area contributed by atoms with Gasteiger partial charge in [-0.15, -0.1) is 0 Å². The van der Waals surface area contributed by atoms with Crippen molar-refractivity contribution in [3.05, 3.63) is 30.3 Å². The van der Waals surface area contributed by atoms with Crippen LogP contribution in [0.15, 0.2) is 30.3 Å². The van der Waals surface area contributed by atoms with Gasteiger partial charge in [0.25, 0.3) is 0 Å². The van der Waals surface area contributed by atoms with Gasteiger partial charge in [0.1, 0.15) is 12.4 Å². The fourth-order valence-electron chi connectivity index (χ4n) is 1.55. The predicted molar refractivity (Wildman–Crippen MR) is 68.3 cm³/mol. The van der Waals surface area contributed by atoms with Crippen molar-refractivity contribution in [3.63, 3.8) is 0 Å². The van der Waals surface area contributed by atoms with Crippen molar-refractivity contribution in [3.8, 4) is 5.75 Å². The van der Waals surface area contributed by atoms with Crippen LogP contribution >= 0.6 is 12.6 Å². The van der Waals surface area contributed by atoms with Crippen molar-refractivity contribution in [1.29, 1.82) is 0 Å². The summed E-state index contributed by atoms with van der Waals surface area (Å²) in [6.45, 7) is 2.10. The first-order valence-corrected chi connectivity index (χ1v) is 6.34. The molecule has 1 aliphatic rings. The molecule has 0 aliphatic heterocycles. The highest BCUT2D eigenvalue weighted by Crippen LogP contribution is 2.46. The van der Waals surface area contributed by atoms with Gasteiger partial charge >= 0.3 is 0 Å². The zero-order valence-electron chi connectivity index (χ0n) is 9.39. The number of thiol groups is 1. The first-order valence-electron chi connectivity index (χ1n) is 5.71. The Kier molecular flexibility index (Phi) is 4.13. The molecule has 2 rings (SSSR count). The van der Waals surface area contributed by atoms with Gasteiger partial charge in [-0.3, -0.25) is 0 Å². The van der Waals surface area contributed by atoms with E-state index in [2.05, 4.69) is 12.6 Å². The van der Waals surface area contributed by atoms with Crippen LogP contribution in [-0.4, -0.2) is 25.6 Å². The minimum absolute atomic E-state index is 0.385. The maximum absolute atomic E-state index is 5.60. The third-order valence-corrected chi connectivity index (χ3v) is 3.61. The number of para-hydroxylation sites is 1. The quantitative estimate of drug-likeness (QED) is 0.581. The van der Waals surface area contributed by atoms with Gasteiger partial charge in [0.15, 0.2) is 0 Å². The smallest absolute Gasteiger partial charge is 0.119 e. The Labute approximate surface area is 102 Å². The molecule has 0 atom stereocenters. The van der Waals surface area contributed by atoms with E-state index in [-0.39, 0.29) is 0 Å². The first-order chi connectivity index (χ1) is 7.85. The van der Waals surface area contributed by atoms with Gasteiger partial charge in [0.05, 0.1) is 13.2 Å². The predicted octanol–water partition coefficient (Wildman–Crippen LogP) is 2.79. The standard InChI is InChI=1S/C13H18O2S/c16-11-13(6-7-13)10-14-8-9-15-12-4-2-1-3-5-12/h1-5,16H,6-11H2. The summed E-state index contributed by atoms with van der Waals surface area (Å²) in [5.41, 5.74) is 0.385. The van der Waals surface area contributed by atoms with Gasteiger partial charge < -0.3 is 9.47 Å². The third kappa shape index (κ3) is 3.42. The van der Waals surface area contributed by atoms with Gasteiger partial charge in [-0.25, -0.2) is 0 Å². The highest BCUT2D eigenvalue weighted by atomic mass is 32.1. The Bertz CT molecular complexity index is 309. The second-order valence-electron chi connectivity index (χ2n) is 4.37. The lowest BCUT2D eigenvalue weighted by Gasteiger charge is -2.12. The van der Waals surface area contributed by atoms with Gasteiger partial charge in [-0.05, 0) is 30.7 Å². The van der Waals surface area contributed by atoms with Crippen molar-refractivity contribution in [2.75, 3.05) is 25.6 Å². The summed E-state index contributed by atoms with van der Waals surface area (Å²) in [4.78, 5) is 0. The van der Waals surface area contributed by atoms with Crippen LogP contribution in [0.4, 0.5) is 0 Å². The topological polar surface area (TPSA) is 18.5 Å². The third-order valence-electron chi connectivity index (χ3n) is 2.94. The molecule has 2 nitrogen and oxygen atoms in total. The molecule has 1 fully saturated rings. The molecular formula is C13H18O2S. The van der Waals surface area contributed by atoms with Crippen LogP contribution in [0.25, 0.3) is 0 Å². The summed E-state index contributed by atoms with van der Waals surface area (Å²) in [6.07, 6.45) is 2.52. The minimum Gasteiger partial charge on any atom is -0.491 e. The molecule has 0 amide bonds. The molecule has 0 unspecified atom stereocenters. The van der Waals surface area contributed by atoms with Gasteiger partial charge in [0.2, 0.25) is 0 Å². The van der Waals surface area contributed by atoms with Crippen molar-refractivity contribution in [2.24, 2.45) is 5.41 Å². The molecule has 0 saturated heterocycles. The molecule has 0 heterocycles. The van der Waals surface area contributed by atoms with Crippen molar-refractivity contribution in [1.82, 2.24) is 0 Å². The number of hydrogen-bond acceptors (Lipinski definition) is 3. The molecule has 0 radical (unpaired) electrons. The number of ether oxygens (including phenoxy) is 2. The lowest BCUT2D eigenvalue weighted by atomic mass is 10.2. The van der Waals surface area contributed by atoms with Crippen LogP contribution in [0.2, 0.25) is 0 Å². The number of rotatable bonds is 7. The zero-order valence-corrected chi connectivity index (χ0v) is 10.3. The Morgan fingerprint density at radius 1 is 1.12 bits per heavy atom. The normalized spacial score (nSPS) is 17.1. The van der Waals surface area contributed by atoms with E-state index in [1.807, 2.05) is 30.3 Å². The van der Waals surface area contributed by atoms with Crippen LogP contribution in [0.3, 0.4) is 0 Å². The minimum atomic E-state index is 0.385. The molecule has 1 aromatic rings. The Hall–Kier alpha value is -0.670. The van der Waals surface area contributed by atoms with E-state index in [1.54, 1.807) is 0 Å². The van der Waals surface area contributed by atoms with Crippen LogP contribution in [0.5, 0.6) is 5.75 Å². The van der Waals surface area contributed by atoms with E-state index < -0.39 is 0 Å². The molecule has 3 heteroatoms. The van der Waals surface area contributed by atoms with E-state index in [4.69, 9.17) is 9.47 Å². The lowest BCUT2D eigenvalue weighted by Crippen LogP contribution is -2.15. The molecule has 1 aliphatic carbocycles. The largest absolute Gasteiger partial charge is 0.491 e. The van der Waals surface area contributed by atoms with Crippen LogP contribution < -0.4 is 4.74 Å². The molecule has 16 heavy (non-hydrogen) atoms. The van der Waals surface area contributed by atoms with Crippen molar-refractivity contribution < 1.29 is 9.47 Å². The van der Waals surface area contributed by atoms with E-state index in [0.717, 1.165) is 18.1 Å². The monoisotopic (exact) mass is 238 g/mol. The average Bonchev–Trinajstić information content (AvgIpc) is 3.11. The summed E-state index contributed by atoms with van der Waals surface area (Å²) in [7, 11) is 0. The molecule has 1 saturated carbocycles. The van der Waals surface area contributed by atoms with Crippen LogP contribution in [0, 0.1) is 5.41 Å². The number of benzene rings is 1. The lowest BCUT2D eigenvalue weighted by molar-refractivity contribution is 0.0728. The SMILES string of the molecule is SCC1(COCCOc2ccccc2)CC1. The van der Waals surface area contributed by atoms with Crippen molar-refractivity contribution in [2.45, 2.75) is 12.8 Å². The molecule has 0 N–H and O–H groups in total. The molecule has 88 valence electrons.